The van der Waals surface area contributed by atoms with Crippen molar-refractivity contribution in [3.63, 3.8) is 0 Å². The number of primary amides is 2. The fourth-order valence-corrected chi connectivity index (χ4v) is 14.0. The number of carbonyl (C=O) groups is 17. The monoisotopic (exact) mass is 1710 g/mol. The normalized spacial score (nSPS) is 17.7. The van der Waals surface area contributed by atoms with Gasteiger partial charge in [-0.3, -0.25) is 82.1 Å². The number of nitrogens with zero attached hydrogens (tertiary/aromatic N) is 3. The average molecular weight is 1710 g/mol. The van der Waals surface area contributed by atoms with Crippen molar-refractivity contribution in [3.05, 3.63) is 29.8 Å². The number of guanidine groups is 1. The standard InChI is InChI=1S/C72H117FN22O23S/c1-39(2)33-48(63(106)84-43(13-3-6-26-74)61(104)91-50(71(114)115)36-56(79)98)90-68(111)54-19-12-32-95(54)69(112)46(14-4-7-27-75)87-65(108)51(38-96)92-62(105)44(16-9-29-82-72(80)81)86-67(110)53-18-11-31-94(53)70(113)47(15-5-8-28-76)88-66(109)52-17-10-30-93(52)57(99)37-83-60(103)45(24-25-55(78)97)85-64(107)49(89-59(102)42(77)35-58(100)101)34-40-20-22-41(23-21-40)118-119(73,116)117/h20-23,39,42-54,96H,3-19,24-38,74-77H2,1-2H3,(H2,78,97)(H2,79,98)(H,83,103)(H,84,106)(H,85,107)(H,86,110)(H,87,108)(H,88,109)(H,89,102)(H,90,111)(H,91,104)(H,92,105)(H,100,101)(H,114,115)(H4,80,81,82)/t42-,43-,44-,45-,46-,47-,48-,49-,50-,51-,52-,53-,54-/m0/s1. The summed E-state index contributed by atoms with van der Waals surface area (Å²) in [5.41, 5.74) is 39.4. The highest BCUT2D eigenvalue weighted by atomic mass is 32.3. The van der Waals surface area contributed by atoms with Crippen molar-refractivity contribution in [1.29, 1.82) is 5.41 Å². The molecule has 1 aromatic rings. The second kappa shape index (κ2) is 50.7. The first kappa shape index (κ1) is 100. The van der Waals surface area contributed by atoms with Crippen molar-refractivity contribution in [2.75, 3.05) is 59.0 Å². The number of amides is 15. The summed E-state index contributed by atoms with van der Waals surface area (Å²) < 4.78 is 39.5. The summed E-state index contributed by atoms with van der Waals surface area (Å²) in [5.74, 6) is -18.1. The highest BCUT2D eigenvalue weighted by Crippen LogP contribution is 2.25. The number of aliphatic hydroxyl groups is 1. The van der Waals surface area contributed by atoms with Gasteiger partial charge in [0.2, 0.25) is 88.6 Å². The predicted octanol–water partition coefficient (Wildman–Crippen LogP) is -8.01. The largest absolute Gasteiger partial charge is 0.488 e. The topological polar surface area (TPSA) is 742 Å². The van der Waals surface area contributed by atoms with E-state index in [1.165, 1.54) is 21.9 Å². The number of carboxylic acids is 2. The summed E-state index contributed by atoms with van der Waals surface area (Å²) in [5, 5.41) is 64.9. The van der Waals surface area contributed by atoms with Crippen LogP contribution in [0.25, 0.3) is 0 Å². The molecule has 13 atom stereocenters. The van der Waals surface area contributed by atoms with Gasteiger partial charge in [0.1, 0.15) is 78.3 Å². The Hall–Kier alpha value is -11.0. The van der Waals surface area contributed by atoms with E-state index in [1.54, 1.807) is 13.8 Å². The van der Waals surface area contributed by atoms with Gasteiger partial charge in [-0.25, -0.2) is 4.79 Å². The SMILES string of the molecule is CC(C)C[C@H](NC(=O)[C@@H]1CCCN1C(=O)[C@H](CCCCN)NC(=O)[C@H](CO)NC(=O)[C@H](CCCNC(=N)N)NC(=O)[C@@H]1CCCN1C(=O)[C@H](CCCCN)NC(=O)[C@@H]1CCCN1C(=O)CNC(=O)[C@H](CCC(N)=O)NC(=O)[C@H](Cc1ccc(OS(=O)(=O)F)cc1)NC(=O)[C@@H](N)CC(=O)O)C(=O)N[C@@H](CCCCN)C(=O)N[C@@H](CC(N)=O)C(=O)O. The molecule has 0 spiro atoms. The lowest BCUT2D eigenvalue weighted by atomic mass is 10.0. The summed E-state index contributed by atoms with van der Waals surface area (Å²) in [6.07, 6.45) is -0.331. The van der Waals surface area contributed by atoms with Crippen LogP contribution in [0.3, 0.4) is 0 Å². The number of hydrogen-bond donors (Lipinski definition) is 22. The number of likely N-dealkylation sites (tertiary alicyclic amines) is 3. The minimum Gasteiger partial charge on any atom is -0.481 e. The zero-order chi connectivity index (χ0) is 88.8. The number of aliphatic carboxylic acids is 2. The molecule has 0 aromatic heterocycles. The summed E-state index contributed by atoms with van der Waals surface area (Å²) >= 11 is 0. The van der Waals surface area contributed by atoms with Crippen molar-refractivity contribution in [2.24, 2.45) is 46.1 Å². The van der Waals surface area contributed by atoms with Crippen LogP contribution >= 0.6 is 0 Å². The van der Waals surface area contributed by atoms with Crippen LogP contribution in [0.15, 0.2) is 24.3 Å². The Labute approximate surface area is 686 Å². The molecule has 3 aliphatic rings. The van der Waals surface area contributed by atoms with E-state index in [9.17, 15) is 109 Å². The van der Waals surface area contributed by atoms with Gasteiger partial charge in [-0.1, -0.05) is 29.9 Å². The van der Waals surface area contributed by atoms with Crippen LogP contribution < -0.4 is 103 Å². The minimum atomic E-state index is -5.44. The molecular weight excluding hydrogens is 1590 g/mol. The molecule has 45 nitrogen and oxygen atoms in total. The lowest BCUT2D eigenvalue weighted by Crippen LogP contribution is -2.61. The van der Waals surface area contributed by atoms with Gasteiger partial charge in [0.05, 0.1) is 32.0 Å². The van der Waals surface area contributed by atoms with E-state index < -0.39 is 247 Å². The Morgan fingerprint density at radius 2 is 0.916 bits per heavy atom. The Morgan fingerprint density at radius 3 is 1.39 bits per heavy atom. The fourth-order valence-electron chi connectivity index (χ4n) is 13.6. The molecule has 3 saturated heterocycles. The molecule has 4 rings (SSSR count). The van der Waals surface area contributed by atoms with E-state index in [0.29, 0.717) is 25.7 Å². The average Bonchev–Trinajstić information content (AvgIpc) is 1.71. The zero-order valence-electron chi connectivity index (χ0n) is 66.7. The van der Waals surface area contributed by atoms with E-state index in [2.05, 4.69) is 62.7 Å². The summed E-state index contributed by atoms with van der Waals surface area (Å²) in [7, 11) is -5.44. The molecule has 3 fully saturated rings. The number of nitrogens with two attached hydrogens (primary N) is 7. The maximum atomic E-state index is 14.8. The molecule has 3 heterocycles. The van der Waals surface area contributed by atoms with Crippen LogP contribution in [0, 0.1) is 11.3 Å². The van der Waals surface area contributed by atoms with Crippen molar-refractivity contribution in [2.45, 2.75) is 240 Å². The lowest BCUT2D eigenvalue weighted by Gasteiger charge is -2.32. The summed E-state index contributed by atoms with van der Waals surface area (Å²) in [6.45, 7) is 2.15. The molecule has 3 aliphatic heterocycles. The van der Waals surface area contributed by atoms with Crippen LogP contribution in [0.5, 0.6) is 5.75 Å². The van der Waals surface area contributed by atoms with Crippen LogP contribution in [0.1, 0.15) is 161 Å². The number of benzene rings is 1. The van der Waals surface area contributed by atoms with Gasteiger partial charge in [0.15, 0.2) is 5.96 Å². The van der Waals surface area contributed by atoms with Crippen LogP contribution in [-0.4, -0.2) is 282 Å². The van der Waals surface area contributed by atoms with Gasteiger partial charge < -0.3 is 133 Å². The second-order valence-electron chi connectivity index (χ2n) is 29.6. The summed E-state index contributed by atoms with van der Waals surface area (Å²) in [4.78, 5) is 235. The van der Waals surface area contributed by atoms with Crippen molar-refractivity contribution in [3.8, 4) is 5.75 Å². The number of carbonyl (C=O) groups excluding carboxylic acids is 15. The molecular formula is C72H117FN22O23S. The third-order valence-electron chi connectivity index (χ3n) is 19.7. The van der Waals surface area contributed by atoms with Gasteiger partial charge in [-0.2, -0.15) is 8.42 Å². The third kappa shape index (κ3) is 34.8. The van der Waals surface area contributed by atoms with E-state index in [-0.39, 0.29) is 147 Å². The Morgan fingerprint density at radius 1 is 0.504 bits per heavy atom. The first-order valence-corrected chi connectivity index (χ1v) is 40.7. The number of rotatable bonds is 54. The Kier molecular flexibility index (Phi) is 42.7. The van der Waals surface area contributed by atoms with Crippen molar-refractivity contribution >= 4 is 117 Å². The van der Waals surface area contributed by atoms with Crippen LogP contribution in [0.4, 0.5) is 3.89 Å². The first-order valence-electron chi connectivity index (χ1n) is 39.4. The highest BCUT2D eigenvalue weighted by Gasteiger charge is 2.44. The summed E-state index contributed by atoms with van der Waals surface area (Å²) in [6, 6.07) is -14.8. The van der Waals surface area contributed by atoms with Crippen molar-refractivity contribution in [1.82, 2.24) is 73.2 Å². The molecule has 1 aromatic carbocycles. The number of hydrogen-bond acceptors (Lipinski definition) is 26. The van der Waals surface area contributed by atoms with E-state index in [1.807, 2.05) is 0 Å². The maximum Gasteiger partial charge on any atom is 0.488 e. The number of aliphatic hydroxyl groups excluding tert-OH is 1. The van der Waals surface area contributed by atoms with Crippen LogP contribution in [0.2, 0.25) is 0 Å². The smallest absolute Gasteiger partial charge is 0.481 e. The number of nitrogens with one attached hydrogen (secondary N) is 12. The van der Waals surface area contributed by atoms with Gasteiger partial charge in [-0.15, -0.1) is 0 Å². The molecule has 29 N–H and O–H groups in total. The van der Waals surface area contributed by atoms with Crippen molar-refractivity contribution < 1.29 is 113 Å². The van der Waals surface area contributed by atoms with Gasteiger partial charge in [0, 0.05) is 39.0 Å². The minimum absolute atomic E-state index is 0.000903. The van der Waals surface area contributed by atoms with E-state index >= 15 is 0 Å². The molecule has 0 bridgehead atoms. The molecule has 119 heavy (non-hydrogen) atoms. The number of halogens is 1. The molecule has 0 saturated carbocycles. The molecule has 0 aliphatic carbocycles. The number of unbranched alkanes of at least 4 members (excludes halogenated alkanes) is 3. The molecule has 666 valence electrons. The van der Waals surface area contributed by atoms with Crippen LogP contribution in [-0.2, 0) is 98.4 Å². The molecule has 15 amide bonds. The Balaban J connectivity index is 1.52. The number of carboxylic acid groups (broad SMARTS) is 2. The fraction of sp³-hybridized carbons (Fsp3) is 0.667. The maximum absolute atomic E-state index is 14.8. The Bertz CT molecular complexity index is 3830. The van der Waals surface area contributed by atoms with Gasteiger partial charge in [-0.05, 0) is 165 Å². The molecule has 47 heteroatoms. The second-order valence-corrected chi connectivity index (χ2v) is 30.5. The lowest BCUT2D eigenvalue weighted by molar-refractivity contribution is -0.144. The molecule has 0 unspecified atom stereocenters. The quantitative estimate of drug-likeness (QED) is 0.0125. The van der Waals surface area contributed by atoms with E-state index in [4.69, 9.17) is 45.5 Å². The molecule has 0 radical (unpaired) electrons. The van der Waals surface area contributed by atoms with Gasteiger partial charge >= 0.3 is 22.4 Å². The van der Waals surface area contributed by atoms with Gasteiger partial charge in [0.25, 0.3) is 0 Å². The predicted molar refractivity (Wildman–Crippen MR) is 420 cm³/mol. The van der Waals surface area contributed by atoms with E-state index in [0.717, 1.165) is 17.0 Å². The highest BCUT2D eigenvalue weighted by molar-refractivity contribution is 7.81. The zero-order valence-corrected chi connectivity index (χ0v) is 67.5. The first-order chi connectivity index (χ1) is 56.2. The third-order valence-corrected chi connectivity index (χ3v) is 20.1.